The Morgan fingerprint density at radius 3 is 3.00 bits per heavy atom. The summed E-state index contributed by atoms with van der Waals surface area (Å²) in [5, 5.41) is 7.07. The molecule has 106 valence electrons. The summed E-state index contributed by atoms with van der Waals surface area (Å²) in [7, 11) is 0. The van der Waals surface area contributed by atoms with E-state index in [1.165, 1.54) is 0 Å². The fraction of sp³-hybridized carbons (Fsp3) is 0.357. The fourth-order valence-corrected chi connectivity index (χ4v) is 1.96. The van der Waals surface area contributed by atoms with Crippen LogP contribution in [-0.2, 0) is 6.54 Å². The standard InChI is InChI=1S/C14H18N4OS/c1-10(2)5-8-18-9-6-12(17-18)16-13(19)11-4-3-7-15-14(11)20/h3-4,6-7,9-10H,5,8H2,1-2H3,(H,15,20)(H,16,17,19). The first-order chi connectivity index (χ1) is 9.56. The molecule has 0 aliphatic rings. The van der Waals surface area contributed by atoms with E-state index in [1.54, 1.807) is 24.4 Å². The lowest BCUT2D eigenvalue weighted by Gasteiger charge is -2.04. The molecule has 2 aromatic rings. The molecule has 2 aromatic heterocycles. The van der Waals surface area contributed by atoms with Crippen molar-refractivity contribution in [3.8, 4) is 0 Å². The molecule has 20 heavy (non-hydrogen) atoms. The van der Waals surface area contributed by atoms with Crippen LogP contribution in [0.4, 0.5) is 5.82 Å². The van der Waals surface area contributed by atoms with Gasteiger partial charge in [0, 0.05) is 25.0 Å². The van der Waals surface area contributed by atoms with E-state index in [9.17, 15) is 4.79 Å². The average molecular weight is 290 g/mol. The van der Waals surface area contributed by atoms with E-state index in [2.05, 4.69) is 29.2 Å². The minimum Gasteiger partial charge on any atom is -0.352 e. The number of hydrogen-bond acceptors (Lipinski definition) is 3. The smallest absolute Gasteiger partial charge is 0.259 e. The minimum atomic E-state index is -0.249. The number of nitrogens with one attached hydrogen (secondary N) is 2. The Balaban J connectivity index is 2.02. The molecule has 0 radical (unpaired) electrons. The largest absolute Gasteiger partial charge is 0.352 e. The number of carbonyl (C=O) groups excluding carboxylic acids is 1. The third kappa shape index (κ3) is 3.77. The van der Waals surface area contributed by atoms with Crippen molar-refractivity contribution in [2.45, 2.75) is 26.8 Å². The number of amides is 1. The number of hydrogen-bond donors (Lipinski definition) is 2. The SMILES string of the molecule is CC(C)CCn1ccc(NC(=O)c2ccc[nH]c2=S)n1. The van der Waals surface area contributed by atoms with Crippen LogP contribution in [-0.4, -0.2) is 20.7 Å². The first-order valence-electron chi connectivity index (χ1n) is 6.59. The zero-order valence-electron chi connectivity index (χ0n) is 11.6. The topological polar surface area (TPSA) is 62.7 Å². The van der Waals surface area contributed by atoms with Crippen molar-refractivity contribution >= 4 is 23.9 Å². The molecule has 0 saturated heterocycles. The molecule has 6 heteroatoms. The molecule has 0 spiro atoms. The maximum atomic E-state index is 12.1. The summed E-state index contributed by atoms with van der Waals surface area (Å²) >= 11 is 5.08. The van der Waals surface area contributed by atoms with Gasteiger partial charge in [-0.05, 0) is 24.5 Å². The Morgan fingerprint density at radius 2 is 2.30 bits per heavy atom. The van der Waals surface area contributed by atoms with Gasteiger partial charge in [0.05, 0.1) is 5.56 Å². The van der Waals surface area contributed by atoms with E-state index in [1.807, 2.05) is 10.9 Å². The van der Waals surface area contributed by atoms with Crippen molar-refractivity contribution in [3.63, 3.8) is 0 Å². The molecule has 0 saturated carbocycles. The molecular formula is C14H18N4OS. The predicted molar refractivity (Wildman–Crippen MR) is 81.3 cm³/mol. The Labute approximate surface area is 123 Å². The number of H-pyrrole nitrogens is 1. The summed E-state index contributed by atoms with van der Waals surface area (Å²) in [5.74, 6) is 0.915. The second-order valence-electron chi connectivity index (χ2n) is 5.01. The number of pyridine rings is 1. The van der Waals surface area contributed by atoms with Crippen LogP contribution in [0.15, 0.2) is 30.6 Å². The predicted octanol–water partition coefficient (Wildman–Crippen LogP) is 3.24. The van der Waals surface area contributed by atoms with Gasteiger partial charge < -0.3 is 10.3 Å². The number of aromatic amines is 1. The van der Waals surface area contributed by atoms with Crippen LogP contribution in [0.3, 0.4) is 0 Å². The van der Waals surface area contributed by atoms with Crippen LogP contribution in [0.2, 0.25) is 0 Å². The average Bonchev–Trinajstić information content (AvgIpc) is 2.84. The van der Waals surface area contributed by atoms with Gasteiger partial charge in [0.2, 0.25) is 0 Å². The van der Waals surface area contributed by atoms with Gasteiger partial charge in [-0.1, -0.05) is 26.1 Å². The van der Waals surface area contributed by atoms with Crippen molar-refractivity contribution < 1.29 is 4.79 Å². The number of carbonyl (C=O) groups is 1. The van der Waals surface area contributed by atoms with E-state index in [4.69, 9.17) is 12.2 Å². The third-order valence-electron chi connectivity index (χ3n) is 2.88. The normalized spacial score (nSPS) is 10.8. The Hall–Kier alpha value is -1.95. The molecule has 0 bridgehead atoms. The summed E-state index contributed by atoms with van der Waals surface area (Å²) in [5.41, 5.74) is 0.444. The first kappa shape index (κ1) is 14.5. The van der Waals surface area contributed by atoms with Crippen LogP contribution >= 0.6 is 12.2 Å². The van der Waals surface area contributed by atoms with Crippen LogP contribution in [0, 0.1) is 10.6 Å². The van der Waals surface area contributed by atoms with Crippen LogP contribution in [0.5, 0.6) is 0 Å². The minimum absolute atomic E-state index is 0.249. The van der Waals surface area contributed by atoms with Crippen molar-refractivity contribution in [2.75, 3.05) is 5.32 Å². The van der Waals surface area contributed by atoms with Gasteiger partial charge in [0.25, 0.3) is 5.91 Å². The summed E-state index contributed by atoms with van der Waals surface area (Å²) in [4.78, 5) is 14.9. The van der Waals surface area contributed by atoms with E-state index < -0.39 is 0 Å². The highest BCUT2D eigenvalue weighted by atomic mass is 32.1. The zero-order chi connectivity index (χ0) is 14.5. The number of aryl methyl sites for hydroxylation is 1. The molecule has 2 heterocycles. The second kappa shape index (κ2) is 6.47. The summed E-state index contributed by atoms with van der Waals surface area (Å²) in [6, 6.07) is 5.21. The van der Waals surface area contributed by atoms with Gasteiger partial charge in [-0.15, -0.1) is 0 Å². The molecule has 1 amide bonds. The lowest BCUT2D eigenvalue weighted by atomic mass is 10.1. The molecule has 0 aliphatic heterocycles. The summed E-state index contributed by atoms with van der Waals surface area (Å²) in [6.45, 7) is 5.19. The lowest BCUT2D eigenvalue weighted by Crippen LogP contribution is -2.13. The summed E-state index contributed by atoms with van der Waals surface area (Å²) in [6.07, 6.45) is 4.61. The molecule has 2 N–H and O–H groups in total. The Morgan fingerprint density at radius 1 is 1.50 bits per heavy atom. The van der Waals surface area contributed by atoms with Crippen molar-refractivity contribution in [1.82, 2.24) is 14.8 Å². The van der Waals surface area contributed by atoms with Gasteiger partial charge in [-0.25, -0.2) is 0 Å². The monoisotopic (exact) mass is 290 g/mol. The maximum absolute atomic E-state index is 12.1. The van der Waals surface area contributed by atoms with Gasteiger partial charge in [0.15, 0.2) is 5.82 Å². The molecule has 0 aromatic carbocycles. The molecule has 0 aliphatic carbocycles. The number of anilines is 1. The lowest BCUT2D eigenvalue weighted by molar-refractivity contribution is 0.102. The van der Waals surface area contributed by atoms with Crippen LogP contribution in [0.25, 0.3) is 0 Å². The quantitative estimate of drug-likeness (QED) is 0.831. The van der Waals surface area contributed by atoms with Crippen molar-refractivity contribution in [2.24, 2.45) is 5.92 Å². The molecular weight excluding hydrogens is 272 g/mol. The highest BCUT2D eigenvalue weighted by Crippen LogP contribution is 2.09. The van der Waals surface area contributed by atoms with Crippen molar-refractivity contribution in [1.29, 1.82) is 0 Å². The molecule has 0 fully saturated rings. The van der Waals surface area contributed by atoms with Crippen LogP contribution < -0.4 is 5.32 Å². The van der Waals surface area contributed by atoms with E-state index in [0.29, 0.717) is 21.9 Å². The van der Waals surface area contributed by atoms with E-state index >= 15 is 0 Å². The second-order valence-corrected chi connectivity index (χ2v) is 5.42. The number of rotatable bonds is 5. The van der Waals surface area contributed by atoms with E-state index in [-0.39, 0.29) is 5.91 Å². The Kier molecular flexibility index (Phi) is 4.68. The highest BCUT2D eigenvalue weighted by Gasteiger charge is 2.09. The van der Waals surface area contributed by atoms with Gasteiger partial charge in [-0.3, -0.25) is 9.48 Å². The van der Waals surface area contributed by atoms with Gasteiger partial charge >= 0.3 is 0 Å². The maximum Gasteiger partial charge on any atom is 0.259 e. The third-order valence-corrected chi connectivity index (χ3v) is 3.22. The number of aromatic nitrogens is 3. The van der Waals surface area contributed by atoms with E-state index in [0.717, 1.165) is 13.0 Å². The molecule has 0 unspecified atom stereocenters. The fourth-order valence-electron chi connectivity index (χ4n) is 1.73. The Bertz CT molecular complexity index is 644. The first-order valence-corrected chi connectivity index (χ1v) is 6.99. The molecule has 2 rings (SSSR count). The van der Waals surface area contributed by atoms with Gasteiger partial charge in [-0.2, -0.15) is 5.10 Å². The summed E-state index contributed by atoms with van der Waals surface area (Å²) < 4.78 is 2.26. The van der Waals surface area contributed by atoms with Crippen LogP contribution in [0.1, 0.15) is 30.6 Å². The number of nitrogens with zero attached hydrogens (tertiary/aromatic N) is 2. The molecule has 0 atom stereocenters. The van der Waals surface area contributed by atoms with Gasteiger partial charge in [0.1, 0.15) is 4.64 Å². The highest BCUT2D eigenvalue weighted by molar-refractivity contribution is 7.71. The molecule has 5 nitrogen and oxygen atoms in total. The van der Waals surface area contributed by atoms with Crippen molar-refractivity contribution in [3.05, 3.63) is 40.8 Å². The zero-order valence-corrected chi connectivity index (χ0v) is 12.4.